The van der Waals surface area contributed by atoms with Crippen LogP contribution in [0.2, 0.25) is 0 Å². The number of methoxy groups -OCH3 is 1. The number of para-hydroxylation sites is 1. The second-order valence-corrected chi connectivity index (χ2v) is 9.77. The van der Waals surface area contributed by atoms with Gasteiger partial charge in [-0.05, 0) is 42.9 Å². The van der Waals surface area contributed by atoms with E-state index in [0.717, 1.165) is 39.4 Å². The highest BCUT2D eigenvalue weighted by atomic mass is 32.2. The number of hydrogen-bond donors (Lipinski definition) is 2. The van der Waals surface area contributed by atoms with Crippen molar-refractivity contribution in [3.8, 4) is 5.75 Å². The van der Waals surface area contributed by atoms with Crippen molar-refractivity contribution in [2.75, 3.05) is 19.4 Å². The number of carbonyl (C=O) groups is 1. The average Bonchev–Trinajstić information content (AvgIpc) is 3.07. The van der Waals surface area contributed by atoms with Crippen molar-refractivity contribution in [3.05, 3.63) is 50.6 Å². The minimum absolute atomic E-state index is 0.0949. The second kappa shape index (κ2) is 10.8. The Bertz CT molecular complexity index is 1110. The van der Waals surface area contributed by atoms with Crippen LogP contribution in [-0.2, 0) is 17.6 Å². The number of ether oxygens (including phenoxy) is 1. The van der Waals surface area contributed by atoms with E-state index in [-0.39, 0.29) is 17.2 Å². The van der Waals surface area contributed by atoms with Crippen LogP contribution >= 0.6 is 23.1 Å². The molecule has 6 nitrogen and oxygen atoms in total. The molecule has 0 aliphatic heterocycles. The second-order valence-electron chi connectivity index (χ2n) is 7.61. The lowest BCUT2D eigenvalue weighted by molar-refractivity contribution is -0.118. The highest BCUT2D eigenvalue weighted by Crippen LogP contribution is 2.30. The van der Waals surface area contributed by atoms with Crippen LogP contribution in [0.25, 0.3) is 10.2 Å². The minimum Gasteiger partial charge on any atom is -0.496 e. The first-order chi connectivity index (χ1) is 14.9. The van der Waals surface area contributed by atoms with E-state index in [0.29, 0.717) is 29.4 Å². The number of fused-ring (bicyclic) bond motifs is 1. The number of thiophene rings is 1. The Morgan fingerprint density at radius 2 is 2.13 bits per heavy atom. The molecule has 2 N–H and O–H groups in total. The molecule has 1 amide bonds. The zero-order valence-corrected chi connectivity index (χ0v) is 20.0. The molecule has 0 aliphatic rings. The molecular weight excluding hydrogens is 430 g/mol. The van der Waals surface area contributed by atoms with Gasteiger partial charge in [0.2, 0.25) is 5.91 Å². The summed E-state index contributed by atoms with van der Waals surface area (Å²) in [7, 11) is 1.64. The summed E-state index contributed by atoms with van der Waals surface area (Å²) in [5.74, 6) is 1.44. The minimum atomic E-state index is -0.119. The van der Waals surface area contributed by atoms with Gasteiger partial charge in [0.15, 0.2) is 5.16 Å². The Kier molecular flexibility index (Phi) is 8.15. The third-order valence-electron chi connectivity index (χ3n) is 5.34. The molecule has 0 saturated heterocycles. The number of benzene rings is 1. The third kappa shape index (κ3) is 5.89. The molecule has 3 aromatic rings. The smallest absolute Gasteiger partial charge is 0.260 e. The molecule has 8 heteroatoms. The van der Waals surface area contributed by atoms with Crippen LogP contribution in [0.1, 0.15) is 36.3 Å². The first-order valence-corrected chi connectivity index (χ1v) is 12.3. The summed E-state index contributed by atoms with van der Waals surface area (Å²) in [6, 6.07) is 7.77. The van der Waals surface area contributed by atoms with Gasteiger partial charge in [-0.3, -0.25) is 9.59 Å². The maximum absolute atomic E-state index is 12.7. The Hall–Kier alpha value is -2.32. The number of carbonyl (C=O) groups excluding carboxylic acids is 1. The molecule has 1 aromatic carbocycles. The van der Waals surface area contributed by atoms with Crippen molar-refractivity contribution >= 4 is 39.2 Å². The number of aromatic nitrogens is 2. The summed E-state index contributed by atoms with van der Waals surface area (Å²) in [5.41, 5.74) is 2.04. The summed E-state index contributed by atoms with van der Waals surface area (Å²) in [4.78, 5) is 34.3. The predicted octanol–water partition coefficient (Wildman–Crippen LogP) is 4.34. The molecule has 3 rings (SSSR count). The molecule has 0 radical (unpaired) electrons. The molecule has 0 aliphatic carbocycles. The number of H-pyrrole nitrogens is 1. The molecule has 0 bridgehead atoms. The fourth-order valence-electron chi connectivity index (χ4n) is 3.39. The summed E-state index contributed by atoms with van der Waals surface area (Å²) in [6.45, 7) is 6.92. The van der Waals surface area contributed by atoms with Crippen LogP contribution in [0.3, 0.4) is 0 Å². The fourth-order valence-corrected chi connectivity index (χ4v) is 5.20. The number of hydrogen-bond acceptors (Lipinski definition) is 6. The third-order valence-corrected chi connectivity index (χ3v) is 7.25. The zero-order chi connectivity index (χ0) is 22.4. The van der Waals surface area contributed by atoms with E-state index < -0.39 is 0 Å². The Morgan fingerprint density at radius 3 is 2.87 bits per heavy atom. The number of aromatic amines is 1. The van der Waals surface area contributed by atoms with Crippen molar-refractivity contribution in [2.24, 2.45) is 5.92 Å². The SMILES string of the molecule is CCC(C)Cc1c(C)sc2nc(SCC(=O)NCCc3ccccc3OC)[nH]c(=O)c12. The van der Waals surface area contributed by atoms with Crippen LogP contribution in [0.4, 0.5) is 0 Å². The van der Waals surface area contributed by atoms with Gasteiger partial charge in [0.05, 0.1) is 18.2 Å². The monoisotopic (exact) mass is 459 g/mol. The largest absolute Gasteiger partial charge is 0.496 e. The highest BCUT2D eigenvalue weighted by Gasteiger charge is 2.17. The molecule has 1 unspecified atom stereocenters. The number of nitrogens with zero attached hydrogens (tertiary/aromatic N) is 1. The van der Waals surface area contributed by atoms with Gasteiger partial charge in [0.25, 0.3) is 5.56 Å². The van der Waals surface area contributed by atoms with Crippen LogP contribution in [0.5, 0.6) is 5.75 Å². The summed E-state index contributed by atoms with van der Waals surface area (Å²) >= 11 is 2.80. The normalized spacial score (nSPS) is 12.1. The number of amides is 1. The lowest BCUT2D eigenvalue weighted by Crippen LogP contribution is -2.27. The first kappa shape index (κ1) is 23.3. The summed E-state index contributed by atoms with van der Waals surface area (Å²) in [6.07, 6.45) is 2.64. The van der Waals surface area contributed by atoms with Crippen molar-refractivity contribution in [1.82, 2.24) is 15.3 Å². The van der Waals surface area contributed by atoms with Gasteiger partial charge < -0.3 is 15.0 Å². The molecule has 1 atom stereocenters. The van der Waals surface area contributed by atoms with E-state index in [9.17, 15) is 9.59 Å². The highest BCUT2D eigenvalue weighted by molar-refractivity contribution is 7.99. The molecule has 166 valence electrons. The van der Waals surface area contributed by atoms with Gasteiger partial charge >= 0.3 is 0 Å². The maximum Gasteiger partial charge on any atom is 0.260 e. The van der Waals surface area contributed by atoms with Gasteiger partial charge in [0.1, 0.15) is 10.6 Å². The van der Waals surface area contributed by atoms with Crippen LogP contribution in [0, 0.1) is 12.8 Å². The number of rotatable bonds is 10. The van der Waals surface area contributed by atoms with E-state index in [2.05, 4.69) is 29.1 Å². The lowest BCUT2D eigenvalue weighted by atomic mass is 9.98. The van der Waals surface area contributed by atoms with E-state index in [1.54, 1.807) is 18.4 Å². The molecule has 31 heavy (non-hydrogen) atoms. The van der Waals surface area contributed by atoms with E-state index in [1.165, 1.54) is 11.8 Å². The number of thioether (sulfide) groups is 1. The molecule has 2 heterocycles. The fraction of sp³-hybridized carbons (Fsp3) is 0.435. The van der Waals surface area contributed by atoms with E-state index in [1.807, 2.05) is 31.2 Å². The molecular formula is C23H29N3O3S2. The predicted molar refractivity (Wildman–Crippen MR) is 129 cm³/mol. The summed E-state index contributed by atoms with van der Waals surface area (Å²) < 4.78 is 5.33. The van der Waals surface area contributed by atoms with Crippen LogP contribution in [0.15, 0.2) is 34.2 Å². The van der Waals surface area contributed by atoms with E-state index in [4.69, 9.17) is 4.74 Å². The molecule has 0 fully saturated rings. The number of nitrogens with one attached hydrogen (secondary N) is 2. The summed E-state index contributed by atoms with van der Waals surface area (Å²) in [5, 5.41) is 4.10. The molecule has 2 aromatic heterocycles. The Balaban J connectivity index is 1.59. The zero-order valence-electron chi connectivity index (χ0n) is 18.4. The van der Waals surface area contributed by atoms with Gasteiger partial charge in [-0.2, -0.15) is 0 Å². The van der Waals surface area contributed by atoms with Gasteiger partial charge in [-0.25, -0.2) is 4.98 Å². The van der Waals surface area contributed by atoms with Crippen molar-refractivity contribution in [3.63, 3.8) is 0 Å². The maximum atomic E-state index is 12.7. The van der Waals surface area contributed by atoms with Gasteiger partial charge in [0, 0.05) is 11.4 Å². The lowest BCUT2D eigenvalue weighted by Gasteiger charge is -2.09. The standard InChI is InChI=1S/C23H29N3O3S2/c1-5-14(2)12-17-15(3)31-22-20(17)21(28)25-23(26-22)30-13-19(27)24-11-10-16-8-6-7-9-18(16)29-4/h6-9,14H,5,10-13H2,1-4H3,(H,24,27)(H,25,26,28). The average molecular weight is 460 g/mol. The van der Waals surface area contributed by atoms with Crippen molar-refractivity contribution in [2.45, 2.75) is 45.2 Å². The Labute approximate surface area is 190 Å². The van der Waals surface area contributed by atoms with Gasteiger partial charge in [-0.15, -0.1) is 11.3 Å². The molecule has 0 saturated carbocycles. The Morgan fingerprint density at radius 1 is 1.35 bits per heavy atom. The van der Waals surface area contributed by atoms with Crippen LogP contribution in [-0.4, -0.2) is 35.3 Å². The quantitative estimate of drug-likeness (QED) is 0.348. The van der Waals surface area contributed by atoms with Crippen LogP contribution < -0.4 is 15.6 Å². The molecule has 0 spiro atoms. The first-order valence-electron chi connectivity index (χ1n) is 10.5. The van der Waals surface area contributed by atoms with Crippen molar-refractivity contribution < 1.29 is 9.53 Å². The van der Waals surface area contributed by atoms with E-state index >= 15 is 0 Å². The van der Waals surface area contributed by atoms with Gasteiger partial charge in [-0.1, -0.05) is 50.2 Å². The topological polar surface area (TPSA) is 84.1 Å². The van der Waals surface area contributed by atoms with Crippen molar-refractivity contribution in [1.29, 1.82) is 0 Å². The number of aryl methyl sites for hydroxylation is 1.